The van der Waals surface area contributed by atoms with Gasteiger partial charge in [-0.3, -0.25) is 4.98 Å². The highest BCUT2D eigenvalue weighted by atomic mass is 15.3. The maximum atomic E-state index is 4.78. The smallest absolute Gasteiger partial charge is 0.112 e. The van der Waals surface area contributed by atoms with Gasteiger partial charge in [-0.05, 0) is 24.3 Å². The zero-order chi connectivity index (χ0) is 13.5. The van der Waals surface area contributed by atoms with E-state index in [2.05, 4.69) is 44.0 Å². The van der Waals surface area contributed by atoms with E-state index >= 15 is 0 Å². The number of hydrogen-bond acceptors (Lipinski definition) is 2. The van der Waals surface area contributed by atoms with Crippen LogP contribution in [0.25, 0.3) is 16.7 Å². The minimum atomic E-state index is -0.0212. The predicted molar refractivity (Wildman–Crippen MR) is 77.6 cm³/mol. The molecule has 0 fully saturated rings. The second-order valence-corrected chi connectivity index (χ2v) is 5.72. The van der Waals surface area contributed by atoms with Gasteiger partial charge in [0.15, 0.2) is 0 Å². The van der Waals surface area contributed by atoms with Crippen molar-refractivity contribution in [2.45, 2.75) is 26.2 Å². The molecule has 0 saturated heterocycles. The summed E-state index contributed by atoms with van der Waals surface area (Å²) in [6, 6.07) is 14.2. The van der Waals surface area contributed by atoms with Crippen molar-refractivity contribution in [1.82, 2.24) is 14.8 Å². The molecule has 0 N–H and O–H groups in total. The van der Waals surface area contributed by atoms with Crippen molar-refractivity contribution in [2.24, 2.45) is 0 Å². The number of rotatable bonds is 1. The third kappa shape index (κ3) is 2.01. The number of benzene rings is 1. The van der Waals surface area contributed by atoms with Crippen LogP contribution in [0.15, 0.2) is 48.7 Å². The van der Waals surface area contributed by atoms with Gasteiger partial charge in [0.05, 0.1) is 16.9 Å². The van der Waals surface area contributed by atoms with Gasteiger partial charge in [-0.2, -0.15) is 5.10 Å². The molecule has 3 rings (SSSR count). The number of fused-ring (bicyclic) bond motifs is 1. The number of para-hydroxylation sites is 1. The quantitative estimate of drug-likeness (QED) is 0.660. The van der Waals surface area contributed by atoms with E-state index in [4.69, 9.17) is 5.10 Å². The van der Waals surface area contributed by atoms with Gasteiger partial charge in [-0.1, -0.05) is 39.0 Å². The molecule has 2 heterocycles. The Morgan fingerprint density at radius 3 is 2.37 bits per heavy atom. The molecule has 0 aliphatic carbocycles. The Hall–Kier alpha value is -2.16. The molecular weight excluding hydrogens is 234 g/mol. The first-order valence-corrected chi connectivity index (χ1v) is 6.47. The van der Waals surface area contributed by atoms with E-state index < -0.39 is 0 Å². The summed E-state index contributed by atoms with van der Waals surface area (Å²) in [5.41, 5.74) is 4.12. The first-order chi connectivity index (χ1) is 9.07. The standard InChI is InChI=1S/C16H17N3/c1-16(2,3)15-14-13(10-7-11-17-14)19(18-15)12-8-5-4-6-9-12/h4-11H,1-3H3. The largest absolute Gasteiger partial charge is 0.253 e. The van der Waals surface area contributed by atoms with Gasteiger partial charge in [0, 0.05) is 11.6 Å². The summed E-state index contributed by atoms with van der Waals surface area (Å²) in [4.78, 5) is 4.51. The first kappa shape index (κ1) is 11.9. The molecule has 3 nitrogen and oxygen atoms in total. The lowest BCUT2D eigenvalue weighted by Gasteiger charge is -2.14. The number of hydrogen-bond donors (Lipinski definition) is 0. The van der Waals surface area contributed by atoms with Gasteiger partial charge in [-0.15, -0.1) is 0 Å². The third-order valence-electron chi connectivity index (χ3n) is 3.15. The van der Waals surface area contributed by atoms with Crippen LogP contribution < -0.4 is 0 Å². The molecule has 19 heavy (non-hydrogen) atoms. The zero-order valence-electron chi connectivity index (χ0n) is 11.5. The summed E-state index contributed by atoms with van der Waals surface area (Å²) in [7, 11) is 0. The summed E-state index contributed by atoms with van der Waals surface area (Å²) in [5, 5.41) is 4.78. The molecule has 0 bridgehead atoms. The third-order valence-corrected chi connectivity index (χ3v) is 3.15. The van der Waals surface area contributed by atoms with Gasteiger partial charge < -0.3 is 0 Å². The van der Waals surface area contributed by atoms with Crippen molar-refractivity contribution in [3.63, 3.8) is 0 Å². The molecule has 3 heteroatoms. The summed E-state index contributed by atoms with van der Waals surface area (Å²) < 4.78 is 1.98. The Morgan fingerprint density at radius 2 is 1.68 bits per heavy atom. The second kappa shape index (κ2) is 4.19. The van der Waals surface area contributed by atoms with E-state index in [0.29, 0.717) is 0 Å². The summed E-state index contributed by atoms with van der Waals surface area (Å²) in [6.45, 7) is 6.50. The van der Waals surface area contributed by atoms with Crippen LogP contribution in [0.1, 0.15) is 26.5 Å². The van der Waals surface area contributed by atoms with E-state index in [1.54, 1.807) is 0 Å². The van der Waals surface area contributed by atoms with Crippen LogP contribution in [0, 0.1) is 0 Å². The zero-order valence-corrected chi connectivity index (χ0v) is 11.5. The molecular formula is C16H17N3. The minimum Gasteiger partial charge on any atom is -0.253 e. The highest BCUT2D eigenvalue weighted by Crippen LogP contribution is 2.29. The van der Waals surface area contributed by atoms with E-state index in [1.807, 2.05) is 35.1 Å². The maximum Gasteiger partial charge on any atom is 0.112 e. The Labute approximate surface area is 112 Å². The Morgan fingerprint density at radius 1 is 0.947 bits per heavy atom. The molecule has 3 aromatic rings. The van der Waals surface area contributed by atoms with E-state index in [-0.39, 0.29) is 5.41 Å². The van der Waals surface area contributed by atoms with Crippen molar-refractivity contribution in [3.8, 4) is 5.69 Å². The minimum absolute atomic E-state index is 0.0212. The van der Waals surface area contributed by atoms with Crippen LogP contribution in [-0.2, 0) is 5.41 Å². The molecule has 96 valence electrons. The van der Waals surface area contributed by atoms with Crippen molar-refractivity contribution in [3.05, 3.63) is 54.4 Å². The van der Waals surface area contributed by atoms with Crippen molar-refractivity contribution in [1.29, 1.82) is 0 Å². The first-order valence-electron chi connectivity index (χ1n) is 6.47. The van der Waals surface area contributed by atoms with Crippen LogP contribution >= 0.6 is 0 Å². The molecule has 2 aromatic heterocycles. The van der Waals surface area contributed by atoms with Gasteiger partial charge in [-0.25, -0.2) is 4.68 Å². The average molecular weight is 251 g/mol. The monoisotopic (exact) mass is 251 g/mol. The average Bonchev–Trinajstić information content (AvgIpc) is 2.79. The molecule has 1 aromatic carbocycles. The molecule has 0 spiro atoms. The Kier molecular flexibility index (Phi) is 2.63. The van der Waals surface area contributed by atoms with Crippen LogP contribution in [0.5, 0.6) is 0 Å². The number of pyridine rings is 1. The molecule has 0 unspecified atom stereocenters. The molecule has 0 atom stereocenters. The Bertz CT molecular complexity index is 706. The van der Waals surface area contributed by atoms with Gasteiger partial charge >= 0.3 is 0 Å². The van der Waals surface area contributed by atoms with Crippen LogP contribution in [0.2, 0.25) is 0 Å². The number of aromatic nitrogens is 3. The lowest BCUT2D eigenvalue weighted by molar-refractivity contribution is 0.564. The van der Waals surface area contributed by atoms with Crippen LogP contribution in [0.4, 0.5) is 0 Å². The van der Waals surface area contributed by atoms with E-state index in [9.17, 15) is 0 Å². The van der Waals surface area contributed by atoms with Crippen LogP contribution in [0.3, 0.4) is 0 Å². The van der Waals surface area contributed by atoms with Crippen LogP contribution in [-0.4, -0.2) is 14.8 Å². The Balaban J connectivity index is 2.33. The SMILES string of the molecule is CC(C)(C)c1nn(-c2ccccc2)c2cccnc12. The topological polar surface area (TPSA) is 30.7 Å². The predicted octanol–water partition coefficient (Wildman–Crippen LogP) is 3.72. The summed E-state index contributed by atoms with van der Waals surface area (Å²) in [6.07, 6.45) is 1.83. The highest BCUT2D eigenvalue weighted by molar-refractivity contribution is 5.80. The fraction of sp³-hybridized carbons (Fsp3) is 0.250. The van der Waals surface area contributed by atoms with Gasteiger partial charge in [0.1, 0.15) is 5.52 Å². The van der Waals surface area contributed by atoms with Gasteiger partial charge in [0.25, 0.3) is 0 Å². The lowest BCUT2D eigenvalue weighted by Crippen LogP contribution is -2.13. The van der Waals surface area contributed by atoms with E-state index in [1.165, 1.54) is 0 Å². The molecule has 0 aliphatic heterocycles. The normalized spacial score (nSPS) is 11.9. The summed E-state index contributed by atoms with van der Waals surface area (Å²) >= 11 is 0. The summed E-state index contributed by atoms with van der Waals surface area (Å²) in [5.74, 6) is 0. The number of nitrogens with zero attached hydrogens (tertiary/aromatic N) is 3. The highest BCUT2D eigenvalue weighted by Gasteiger charge is 2.23. The fourth-order valence-electron chi connectivity index (χ4n) is 2.22. The lowest BCUT2D eigenvalue weighted by atomic mass is 9.91. The van der Waals surface area contributed by atoms with Crippen molar-refractivity contribution < 1.29 is 0 Å². The molecule has 0 radical (unpaired) electrons. The second-order valence-electron chi connectivity index (χ2n) is 5.72. The molecule has 0 aliphatic rings. The van der Waals surface area contributed by atoms with Crippen molar-refractivity contribution >= 4 is 11.0 Å². The van der Waals surface area contributed by atoms with Gasteiger partial charge in [0.2, 0.25) is 0 Å². The fourth-order valence-corrected chi connectivity index (χ4v) is 2.22. The molecule has 0 saturated carbocycles. The maximum absolute atomic E-state index is 4.78. The van der Waals surface area contributed by atoms with Crippen molar-refractivity contribution in [2.75, 3.05) is 0 Å². The molecule has 0 amide bonds. The van der Waals surface area contributed by atoms with E-state index in [0.717, 1.165) is 22.4 Å².